The molecule has 0 atom stereocenters. The third-order valence-electron chi connectivity index (χ3n) is 6.21. The van der Waals surface area contributed by atoms with Crippen molar-refractivity contribution in [2.75, 3.05) is 43.5 Å². The molecule has 1 saturated heterocycles. The topological polar surface area (TPSA) is 70.6 Å². The number of aromatic nitrogens is 2. The molecule has 1 amide bonds. The largest absolute Gasteiger partial charge is 0.497 e. The van der Waals surface area contributed by atoms with E-state index in [4.69, 9.17) is 21.3 Å². The summed E-state index contributed by atoms with van der Waals surface area (Å²) in [6.45, 7) is 1.94. The van der Waals surface area contributed by atoms with E-state index in [9.17, 15) is 9.18 Å². The summed E-state index contributed by atoms with van der Waals surface area (Å²) in [6.07, 6.45) is 1.55. The number of halogens is 2. The molecule has 4 aromatic rings. The Morgan fingerprint density at radius 3 is 2.49 bits per heavy atom. The molecule has 188 valence electrons. The number of ether oxygens (including phenoxy) is 1. The van der Waals surface area contributed by atoms with Gasteiger partial charge in [0, 0.05) is 54.7 Å². The van der Waals surface area contributed by atoms with Crippen LogP contribution in [0.15, 0.2) is 79.0 Å². The quantitative estimate of drug-likeness (QED) is 0.356. The molecule has 0 bridgehead atoms. The van der Waals surface area contributed by atoms with E-state index in [0.29, 0.717) is 59.8 Å². The van der Waals surface area contributed by atoms with E-state index in [1.807, 2.05) is 47.4 Å². The summed E-state index contributed by atoms with van der Waals surface area (Å²) in [5.74, 6) is 1.06. The number of nitrogens with zero attached hydrogens (tertiary/aromatic N) is 4. The third-order valence-corrected chi connectivity index (χ3v) is 6.47. The van der Waals surface area contributed by atoms with Gasteiger partial charge in [-0.3, -0.25) is 4.79 Å². The van der Waals surface area contributed by atoms with E-state index in [1.54, 1.807) is 42.5 Å². The molecule has 3 aromatic carbocycles. The normalized spacial score (nSPS) is 13.4. The first kappa shape index (κ1) is 24.5. The van der Waals surface area contributed by atoms with Crippen molar-refractivity contribution in [3.63, 3.8) is 0 Å². The first-order chi connectivity index (χ1) is 18.0. The smallest absolute Gasteiger partial charge is 0.259 e. The number of rotatable bonds is 6. The van der Waals surface area contributed by atoms with Crippen LogP contribution in [-0.2, 0) is 0 Å². The first-order valence-corrected chi connectivity index (χ1v) is 12.2. The van der Waals surface area contributed by atoms with Crippen molar-refractivity contribution >= 4 is 34.7 Å². The van der Waals surface area contributed by atoms with Gasteiger partial charge in [-0.25, -0.2) is 14.4 Å². The Kier molecular flexibility index (Phi) is 7.18. The molecule has 37 heavy (non-hydrogen) atoms. The van der Waals surface area contributed by atoms with Gasteiger partial charge in [0.15, 0.2) is 5.82 Å². The number of methoxy groups -OCH3 is 1. The Hall–Kier alpha value is -4.17. The number of benzene rings is 3. The maximum atomic E-state index is 14.2. The number of carbonyl (C=O) groups is 1. The van der Waals surface area contributed by atoms with Crippen molar-refractivity contribution in [3.05, 3.63) is 95.4 Å². The number of anilines is 3. The van der Waals surface area contributed by atoms with E-state index < -0.39 is 0 Å². The van der Waals surface area contributed by atoms with Crippen LogP contribution in [0.2, 0.25) is 5.02 Å². The Morgan fingerprint density at radius 2 is 1.76 bits per heavy atom. The summed E-state index contributed by atoms with van der Waals surface area (Å²) in [4.78, 5) is 26.5. The SMILES string of the molecule is COc1cccc(Nc2nc(-c3ccc(Cl)cc3)ncc2C(=O)N2CCN(c3ccccc3F)CC2)c1. The zero-order valence-corrected chi connectivity index (χ0v) is 21.0. The summed E-state index contributed by atoms with van der Waals surface area (Å²) < 4.78 is 19.6. The van der Waals surface area contributed by atoms with E-state index in [1.165, 1.54) is 6.07 Å². The van der Waals surface area contributed by atoms with Crippen LogP contribution in [0.5, 0.6) is 5.75 Å². The number of amides is 1. The lowest BCUT2D eigenvalue weighted by molar-refractivity contribution is 0.0747. The highest BCUT2D eigenvalue weighted by Crippen LogP contribution is 2.27. The molecule has 1 aliphatic rings. The van der Waals surface area contributed by atoms with Gasteiger partial charge in [-0.15, -0.1) is 0 Å². The third kappa shape index (κ3) is 5.49. The predicted octanol–water partition coefficient (Wildman–Crippen LogP) is 5.65. The monoisotopic (exact) mass is 517 g/mol. The molecule has 1 aromatic heterocycles. The fraction of sp³-hybridized carbons (Fsp3) is 0.179. The van der Waals surface area contributed by atoms with Crippen LogP contribution < -0.4 is 15.0 Å². The highest BCUT2D eigenvalue weighted by atomic mass is 35.5. The summed E-state index contributed by atoms with van der Waals surface area (Å²) in [5, 5.41) is 3.88. The minimum Gasteiger partial charge on any atom is -0.497 e. The molecule has 0 spiro atoms. The zero-order chi connectivity index (χ0) is 25.8. The lowest BCUT2D eigenvalue weighted by atomic mass is 10.1. The van der Waals surface area contributed by atoms with Crippen LogP contribution in [0.1, 0.15) is 10.4 Å². The van der Waals surface area contributed by atoms with Crippen LogP contribution in [-0.4, -0.2) is 54.1 Å². The summed E-state index contributed by atoms with van der Waals surface area (Å²) >= 11 is 6.04. The lowest BCUT2D eigenvalue weighted by Crippen LogP contribution is -2.49. The van der Waals surface area contributed by atoms with Crippen molar-refractivity contribution in [3.8, 4) is 17.1 Å². The molecule has 0 aliphatic carbocycles. The van der Waals surface area contributed by atoms with Gasteiger partial charge in [-0.1, -0.05) is 29.8 Å². The number of nitrogens with one attached hydrogen (secondary N) is 1. The van der Waals surface area contributed by atoms with Crippen LogP contribution in [0.3, 0.4) is 0 Å². The van der Waals surface area contributed by atoms with Crippen molar-refractivity contribution in [2.24, 2.45) is 0 Å². The minimum atomic E-state index is -0.266. The fourth-order valence-corrected chi connectivity index (χ4v) is 4.36. The number of piperazine rings is 1. The van der Waals surface area contributed by atoms with Gasteiger partial charge >= 0.3 is 0 Å². The molecule has 0 unspecified atom stereocenters. The fourth-order valence-electron chi connectivity index (χ4n) is 4.24. The molecular formula is C28H25ClFN5O2. The second-order valence-electron chi connectivity index (χ2n) is 8.55. The Balaban J connectivity index is 1.42. The Labute approximate surface area is 219 Å². The summed E-state index contributed by atoms with van der Waals surface area (Å²) in [6, 6.07) is 21.3. The average Bonchev–Trinajstić information content (AvgIpc) is 2.93. The van der Waals surface area contributed by atoms with Gasteiger partial charge < -0.3 is 19.9 Å². The average molecular weight is 518 g/mol. The molecule has 1 aliphatic heterocycles. The zero-order valence-electron chi connectivity index (χ0n) is 20.2. The lowest BCUT2D eigenvalue weighted by Gasteiger charge is -2.36. The molecule has 0 saturated carbocycles. The van der Waals surface area contributed by atoms with Crippen LogP contribution in [0.25, 0.3) is 11.4 Å². The second-order valence-corrected chi connectivity index (χ2v) is 8.99. The molecular weight excluding hydrogens is 493 g/mol. The van der Waals surface area contributed by atoms with Crippen molar-refractivity contribution in [2.45, 2.75) is 0 Å². The van der Waals surface area contributed by atoms with Crippen LogP contribution in [0.4, 0.5) is 21.6 Å². The molecule has 1 N–H and O–H groups in total. The molecule has 7 nitrogen and oxygen atoms in total. The standard InChI is InChI=1S/C28H25ClFN5O2/c1-37-22-6-4-5-21(17-22)32-27-23(18-31-26(33-27)19-9-11-20(29)12-10-19)28(36)35-15-13-34(14-16-35)25-8-3-2-7-24(25)30/h2-12,17-18H,13-16H2,1H3,(H,31,32,33). The summed E-state index contributed by atoms with van der Waals surface area (Å²) in [5.41, 5.74) is 2.39. The van der Waals surface area contributed by atoms with Gasteiger partial charge in [0.1, 0.15) is 22.9 Å². The van der Waals surface area contributed by atoms with E-state index in [2.05, 4.69) is 10.3 Å². The molecule has 9 heteroatoms. The summed E-state index contributed by atoms with van der Waals surface area (Å²) in [7, 11) is 1.60. The molecule has 2 heterocycles. The van der Waals surface area contributed by atoms with E-state index in [0.717, 1.165) is 11.3 Å². The highest BCUT2D eigenvalue weighted by Gasteiger charge is 2.26. The number of hydrogen-bond acceptors (Lipinski definition) is 6. The second kappa shape index (κ2) is 10.8. The molecule has 0 radical (unpaired) electrons. The van der Waals surface area contributed by atoms with Crippen molar-refractivity contribution < 1.29 is 13.9 Å². The Morgan fingerprint density at radius 1 is 1.00 bits per heavy atom. The Bertz CT molecular complexity index is 1410. The minimum absolute atomic E-state index is 0.193. The van der Waals surface area contributed by atoms with Gasteiger partial charge in [0.05, 0.1) is 12.8 Å². The maximum absolute atomic E-state index is 14.2. The van der Waals surface area contributed by atoms with Crippen LogP contribution >= 0.6 is 11.6 Å². The molecule has 1 fully saturated rings. The number of para-hydroxylation sites is 1. The van der Waals surface area contributed by atoms with Crippen molar-refractivity contribution in [1.82, 2.24) is 14.9 Å². The number of carbonyl (C=O) groups excluding carboxylic acids is 1. The molecule has 5 rings (SSSR count). The number of hydrogen-bond donors (Lipinski definition) is 1. The van der Waals surface area contributed by atoms with Gasteiger partial charge in [-0.05, 0) is 48.5 Å². The van der Waals surface area contributed by atoms with E-state index >= 15 is 0 Å². The first-order valence-electron chi connectivity index (χ1n) is 11.8. The van der Waals surface area contributed by atoms with Crippen molar-refractivity contribution in [1.29, 1.82) is 0 Å². The van der Waals surface area contributed by atoms with Gasteiger partial charge in [0.25, 0.3) is 5.91 Å². The van der Waals surface area contributed by atoms with Gasteiger partial charge in [-0.2, -0.15) is 0 Å². The maximum Gasteiger partial charge on any atom is 0.259 e. The van der Waals surface area contributed by atoms with E-state index in [-0.39, 0.29) is 11.7 Å². The van der Waals surface area contributed by atoms with Gasteiger partial charge in [0.2, 0.25) is 0 Å². The predicted molar refractivity (Wildman–Crippen MR) is 143 cm³/mol. The van der Waals surface area contributed by atoms with Crippen LogP contribution in [0, 0.1) is 5.82 Å². The highest BCUT2D eigenvalue weighted by molar-refractivity contribution is 6.30.